The molecule has 2 fully saturated rings. The Hall–Kier alpha value is -3.39. The number of carbonyl (C=O) groups excluding carboxylic acids is 5. The molecule has 2 saturated heterocycles. The number of amides is 5. The van der Waals surface area contributed by atoms with Crippen LogP contribution in [0.5, 0.6) is 0 Å². The van der Waals surface area contributed by atoms with Crippen molar-refractivity contribution in [2.24, 2.45) is 11.8 Å². The van der Waals surface area contributed by atoms with Crippen LogP contribution in [0.1, 0.15) is 40.5 Å². The molecule has 12 nitrogen and oxygen atoms in total. The van der Waals surface area contributed by atoms with Gasteiger partial charge in [0.25, 0.3) is 5.78 Å². The molecule has 3 atom stereocenters. The van der Waals surface area contributed by atoms with E-state index >= 15 is 0 Å². The molecule has 0 saturated carbocycles. The molecule has 2 rings (SSSR count). The van der Waals surface area contributed by atoms with Gasteiger partial charge < -0.3 is 30.4 Å². The summed E-state index contributed by atoms with van der Waals surface area (Å²) in [6.45, 7) is 5.50. The van der Waals surface area contributed by atoms with Gasteiger partial charge in [0.2, 0.25) is 17.7 Å². The number of ketones is 1. The number of urea groups is 1. The summed E-state index contributed by atoms with van der Waals surface area (Å²) in [5.41, 5.74) is 0. The molecule has 5 amide bonds. The molecule has 2 aliphatic rings. The molecule has 38 heavy (non-hydrogen) atoms. The maximum atomic E-state index is 13.4. The Bertz CT molecular complexity index is 956. The van der Waals surface area contributed by atoms with Crippen LogP contribution >= 0.6 is 0 Å². The SMILES string of the molecule is CC(C)[C@H](NC(=O)CN1CCN(CC(=O)O)C1=O)C(=O)N1CCC[C@H]1C(=O)N[C@H](C(=O)C(F)(F)F)C(C)C. The normalized spacial score (nSPS) is 19.7. The first kappa shape index (κ1) is 30.8. The van der Waals surface area contributed by atoms with Crippen LogP contribution in [0.3, 0.4) is 0 Å². The van der Waals surface area contributed by atoms with E-state index in [2.05, 4.69) is 10.6 Å². The largest absolute Gasteiger partial charge is 0.480 e. The van der Waals surface area contributed by atoms with Crippen molar-refractivity contribution in [3.63, 3.8) is 0 Å². The van der Waals surface area contributed by atoms with Crippen LogP contribution in [0.25, 0.3) is 0 Å². The smallest absolute Gasteiger partial charge is 0.452 e. The number of hydrogen-bond acceptors (Lipinski definition) is 6. The Labute approximate surface area is 217 Å². The van der Waals surface area contributed by atoms with Gasteiger partial charge in [-0.25, -0.2) is 4.79 Å². The van der Waals surface area contributed by atoms with Gasteiger partial charge in [0, 0.05) is 19.6 Å². The Morgan fingerprint density at radius 3 is 1.97 bits per heavy atom. The topological polar surface area (TPSA) is 156 Å². The number of hydrogen-bond donors (Lipinski definition) is 3. The summed E-state index contributed by atoms with van der Waals surface area (Å²) >= 11 is 0. The number of nitrogens with zero attached hydrogens (tertiary/aromatic N) is 3. The predicted molar refractivity (Wildman–Crippen MR) is 126 cm³/mol. The lowest BCUT2D eigenvalue weighted by atomic mass is 9.98. The van der Waals surface area contributed by atoms with Crippen molar-refractivity contribution in [1.82, 2.24) is 25.3 Å². The van der Waals surface area contributed by atoms with Gasteiger partial charge in [-0.1, -0.05) is 27.7 Å². The van der Waals surface area contributed by atoms with E-state index in [0.717, 1.165) is 9.80 Å². The van der Waals surface area contributed by atoms with E-state index in [4.69, 9.17) is 5.11 Å². The number of nitrogens with one attached hydrogen (secondary N) is 2. The summed E-state index contributed by atoms with van der Waals surface area (Å²) in [6, 6.07) is -4.65. The second kappa shape index (κ2) is 12.4. The third kappa shape index (κ3) is 7.57. The van der Waals surface area contributed by atoms with Crippen LogP contribution in [0, 0.1) is 11.8 Å². The fraction of sp³-hybridized carbons (Fsp3) is 0.739. The monoisotopic (exact) mass is 549 g/mol. The molecule has 15 heteroatoms. The lowest BCUT2D eigenvalue weighted by Gasteiger charge is -2.32. The van der Waals surface area contributed by atoms with Crippen LogP contribution in [0.15, 0.2) is 0 Å². The summed E-state index contributed by atoms with van der Waals surface area (Å²) in [6.07, 6.45) is -4.57. The van der Waals surface area contributed by atoms with Gasteiger partial charge in [0.15, 0.2) is 0 Å². The average Bonchev–Trinajstić information content (AvgIpc) is 3.41. The van der Waals surface area contributed by atoms with Crippen molar-refractivity contribution < 1.29 is 47.0 Å². The highest BCUT2D eigenvalue weighted by Gasteiger charge is 2.46. The zero-order valence-corrected chi connectivity index (χ0v) is 21.7. The minimum absolute atomic E-state index is 0.127. The number of carboxylic acid groups (broad SMARTS) is 1. The van der Waals surface area contributed by atoms with Gasteiger partial charge >= 0.3 is 18.2 Å². The molecule has 0 spiro atoms. The van der Waals surface area contributed by atoms with Crippen LogP contribution in [-0.2, 0) is 24.0 Å². The summed E-state index contributed by atoms with van der Waals surface area (Å²) in [4.78, 5) is 77.3. The molecule has 3 N–H and O–H groups in total. The molecule has 0 aromatic carbocycles. The number of rotatable bonds is 11. The number of carboxylic acids is 1. The standard InChI is InChI=1S/C23H34F3N5O7/c1-12(2)17(19(35)23(24,25)26)28-20(36)14-6-5-7-31(14)21(37)18(13(3)4)27-15(32)10-29-8-9-30(22(29)38)11-16(33)34/h12-14,17-18H,5-11H2,1-4H3,(H,27,32)(H,28,36)(H,33,34)/t14-,17-,18-/m0/s1. The van der Waals surface area contributed by atoms with Gasteiger partial charge in [-0.05, 0) is 24.7 Å². The van der Waals surface area contributed by atoms with E-state index in [0.29, 0.717) is 6.42 Å². The third-order valence-electron chi connectivity index (χ3n) is 6.46. The number of carbonyl (C=O) groups is 6. The molecular formula is C23H34F3N5O7. The van der Waals surface area contributed by atoms with E-state index in [1.54, 1.807) is 13.8 Å². The van der Waals surface area contributed by atoms with Gasteiger partial charge in [0.1, 0.15) is 25.2 Å². The Morgan fingerprint density at radius 2 is 1.47 bits per heavy atom. The molecule has 0 aromatic heterocycles. The van der Waals surface area contributed by atoms with Crippen LogP contribution in [0.2, 0.25) is 0 Å². The Balaban J connectivity index is 2.08. The van der Waals surface area contributed by atoms with E-state index in [-0.39, 0.29) is 26.1 Å². The van der Waals surface area contributed by atoms with Crippen molar-refractivity contribution in [3.8, 4) is 0 Å². The number of aliphatic carboxylic acids is 1. The summed E-state index contributed by atoms with van der Waals surface area (Å²) in [5.74, 6) is -6.73. The first-order valence-electron chi connectivity index (χ1n) is 12.3. The molecule has 0 unspecified atom stereocenters. The van der Waals surface area contributed by atoms with Gasteiger partial charge in [-0.15, -0.1) is 0 Å². The van der Waals surface area contributed by atoms with Crippen LogP contribution in [-0.4, -0.2) is 112 Å². The lowest BCUT2D eigenvalue weighted by Crippen LogP contribution is -2.58. The minimum Gasteiger partial charge on any atom is -0.480 e. The van der Waals surface area contributed by atoms with Crippen molar-refractivity contribution >= 4 is 35.5 Å². The molecule has 2 aliphatic heterocycles. The number of Topliss-reactive ketones (excluding diaryl/α,β-unsaturated/α-hetero) is 1. The fourth-order valence-electron chi connectivity index (χ4n) is 4.44. The van der Waals surface area contributed by atoms with Crippen molar-refractivity contribution in [2.75, 3.05) is 32.7 Å². The highest BCUT2D eigenvalue weighted by Crippen LogP contribution is 2.24. The minimum atomic E-state index is -5.14. The molecule has 0 bridgehead atoms. The van der Waals surface area contributed by atoms with E-state index in [1.807, 2.05) is 0 Å². The summed E-state index contributed by atoms with van der Waals surface area (Å²) in [7, 11) is 0. The molecule has 0 aliphatic carbocycles. The highest BCUT2D eigenvalue weighted by atomic mass is 19.4. The molecule has 214 valence electrons. The Kier molecular flexibility index (Phi) is 10.1. The van der Waals surface area contributed by atoms with Gasteiger partial charge in [-0.2, -0.15) is 13.2 Å². The maximum Gasteiger partial charge on any atom is 0.452 e. The second-order valence-corrected chi connectivity index (χ2v) is 10.1. The van der Waals surface area contributed by atoms with E-state index in [9.17, 15) is 41.9 Å². The van der Waals surface area contributed by atoms with Crippen LogP contribution in [0.4, 0.5) is 18.0 Å². The van der Waals surface area contributed by atoms with Crippen molar-refractivity contribution in [2.45, 2.75) is 64.8 Å². The summed E-state index contributed by atoms with van der Waals surface area (Å²) < 4.78 is 39.0. The summed E-state index contributed by atoms with van der Waals surface area (Å²) in [5, 5.41) is 13.6. The second-order valence-electron chi connectivity index (χ2n) is 10.1. The molecule has 0 radical (unpaired) electrons. The quantitative estimate of drug-likeness (QED) is 0.333. The number of likely N-dealkylation sites (tertiary alicyclic amines) is 1. The van der Waals surface area contributed by atoms with Crippen LogP contribution < -0.4 is 10.6 Å². The van der Waals surface area contributed by atoms with Crippen molar-refractivity contribution in [3.05, 3.63) is 0 Å². The predicted octanol–water partition coefficient (Wildman–Crippen LogP) is 0.213. The number of alkyl halides is 3. The third-order valence-corrected chi connectivity index (χ3v) is 6.46. The first-order chi connectivity index (χ1) is 17.5. The maximum absolute atomic E-state index is 13.4. The lowest BCUT2D eigenvalue weighted by molar-refractivity contribution is -0.175. The zero-order valence-electron chi connectivity index (χ0n) is 21.7. The fourth-order valence-corrected chi connectivity index (χ4v) is 4.44. The molecule has 2 heterocycles. The molecule has 0 aromatic rings. The first-order valence-corrected chi connectivity index (χ1v) is 12.3. The number of halogens is 3. The highest BCUT2D eigenvalue weighted by molar-refractivity contribution is 5.97. The zero-order chi connectivity index (χ0) is 28.9. The average molecular weight is 550 g/mol. The van der Waals surface area contributed by atoms with E-state index in [1.165, 1.54) is 18.7 Å². The van der Waals surface area contributed by atoms with E-state index < -0.39 is 84.7 Å². The Morgan fingerprint density at radius 1 is 0.921 bits per heavy atom. The molecular weight excluding hydrogens is 515 g/mol. The van der Waals surface area contributed by atoms with Crippen molar-refractivity contribution in [1.29, 1.82) is 0 Å². The van der Waals surface area contributed by atoms with Gasteiger partial charge in [0.05, 0.1) is 6.04 Å². The van der Waals surface area contributed by atoms with Gasteiger partial charge in [-0.3, -0.25) is 24.0 Å².